The Morgan fingerprint density at radius 3 is 2.61 bits per heavy atom. The Kier molecular flexibility index (Phi) is 2.97. The number of nitrogen functional groups attached to an aromatic ring is 1. The lowest BCUT2D eigenvalue weighted by atomic mass is 10.2. The molecule has 0 aromatic heterocycles. The lowest BCUT2D eigenvalue weighted by Gasteiger charge is -2.18. The Morgan fingerprint density at radius 1 is 1.39 bits per heavy atom. The van der Waals surface area contributed by atoms with Gasteiger partial charge in [0, 0.05) is 13.0 Å². The molecule has 0 saturated carbocycles. The summed E-state index contributed by atoms with van der Waals surface area (Å²) in [6.07, 6.45) is -0.464. The van der Waals surface area contributed by atoms with Crippen LogP contribution >= 0.6 is 0 Å². The summed E-state index contributed by atoms with van der Waals surface area (Å²) in [6, 6.07) is 3.39. The summed E-state index contributed by atoms with van der Waals surface area (Å²) in [6.45, 7) is -0.356. The van der Waals surface area contributed by atoms with Gasteiger partial charge in [0.1, 0.15) is 11.1 Å². The standard InChI is InChI=1S/C10H10F2N2O3S/c11-6-1-2-8(13)9(3-6)14-5-7(4-10(14)15)18(12,16)17/h1-3,7H,4-5,13H2. The molecule has 1 saturated heterocycles. The molecule has 1 unspecified atom stereocenters. The van der Waals surface area contributed by atoms with Gasteiger partial charge in [0.25, 0.3) is 0 Å². The molecule has 1 fully saturated rings. The van der Waals surface area contributed by atoms with Crippen LogP contribution in [0.15, 0.2) is 18.2 Å². The summed E-state index contributed by atoms with van der Waals surface area (Å²) in [5, 5.41) is -1.42. The minimum absolute atomic E-state index is 0.0613. The number of hydrogen-bond donors (Lipinski definition) is 1. The van der Waals surface area contributed by atoms with E-state index in [4.69, 9.17) is 5.73 Å². The zero-order valence-corrected chi connectivity index (χ0v) is 9.95. The van der Waals surface area contributed by atoms with E-state index in [0.29, 0.717) is 0 Å². The molecule has 0 spiro atoms. The summed E-state index contributed by atoms with van der Waals surface area (Å²) in [7, 11) is -4.80. The van der Waals surface area contributed by atoms with E-state index in [1.165, 1.54) is 6.07 Å². The second-order valence-corrected chi connectivity index (χ2v) is 5.63. The van der Waals surface area contributed by atoms with Gasteiger partial charge in [-0.25, -0.2) is 4.39 Å². The summed E-state index contributed by atoms with van der Waals surface area (Å²) >= 11 is 0. The van der Waals surface area contributed by atoms with Gasteiger partial charge < -0.3 is 10.6 Å². The molecule has 1 aliphatic heterocycles. The molecule has 2 N–H and O–H groups in total. The van der Waals surface area contributed by atoms with Crippen molar-refractivity contribution in [3.8, 4) is 0 Å². The van der Waals surface area contributed by atoms with Crippen molar-refractivity contribution >= 4 is 27.5 Å². The summed E-state index contributed by atoms with van der Waals surface area (Å²) in [5.74, 6) is -1.21. The minimum atomic E-state index is -4.80. The molecule has 1 amide bonds. The highest BCUT2D eigenvalue weighted by Gasteiger charge is 2.39. The van der Waals surface area contributed by atoms with E-state index in [1.807, 2.05) is 0 Å². The summed E-state index contributed by atoms with van der Waals surface area (Å²) in [4.78, 5) is 12.6. The average molecular weight is 276 g/mol. The van der Waals surface area contributed by atoms with Crippen LogP contribution in [0.1, 0.15) is 6.42 Å². The first kappa shape index (κ1) is 12.7. The maximum atomic E-state index is 13.1. The van der Waals surface area contributed by atoms with E-state index in [9.17, 15) is 21.5 Å². The van der Waals surface area contributed by atoms with Gasteiger partial charge in [-0.1, -0.05) is 0 Å². The maximum absolute atomic E-state index is 13.1. The molecule has 1 atom stereocenters. The average Bonchev–Trinajstić information content (AvgIpc) is 2.64. The zero-order valence-electron chi connectivity index (χ0n) is 9.14. The van der Waals surface area contributed by atoms with Crippen LogP contribution in [0.4, 0.5) is 19.7 Å². The Balaban J connectivity index is 2.35. The van der Waals surface area contributed by atoms with Crippen molar-refractivity contribution in [1.29, 1.82) is 0 Å². The van der Waals surface area contributed by atoms with Gasteiger partial charge in [0.15, 0.2) is 0 Å². The molecule has 1 aromatic carbocycles. The van der Waals surface area contributed by atoms with Crippen molar-refractivity contribution in [2.45, 2.75) is 11.7 Å². The number of nitrogens with two attached hydrogens (primary N) is 1. The second-order valence-electron chi connectivity index (χ2n) is 4.01. The molecule has 1 aromatic rings. The van der Waals surface area contributed by atoms with Gasteiger partial charge >= 0.3 is 10.2 Å². The smallest absolute Gasteiger partial charge is 0.307 e. The van der Waals surface area contributed by atoms with E-state index in [2.05, 4.69) is 0 Å². The third-order valence-electron chi connectivity index (χ3n) is 2.77. The van der Waals surface area contributed by atoms with Crippen molar-refractivity contribution in [2.75, 3.05) is 17.2 Å². The molecule has 0 radical (unpaired) electrons. The molecule has 0 aliphatic carbocycles. The van der Waals surface area contributed by atoms with E-state index < -0.39 is 33.6 Å². The fourth-order valence-corrected chi connectivity index (χ4v) is 2.52. The van der Waals surface area contributed by atoms with Gasteiger partial charge in [-0.15, -0.1) is 3.89 Å². The van der Waals surface area contributed by atoms with Crippen molar-refractivity contribution in [2.24, 2.45) is 0 Å². The monoisotopic (exact) mass is 276 g/mol. The van der Waals surface area contributed by atoms with Crippen LogP contribution in [0, 0.1) is 5.82 Å². The predicted octanol–water partition coefficient (Wildman–Crippen LogP) is 0.813. The number of carbonyl (C=O) groups is 1. The fraction of sp³-hybridized carbons (Fsp3) is 0.300. The zero-order chi connectivity index (χ0) is 13.5. The van der Waals surface area contributed by atoms with Crippen LogP contribution in [0.25, 0.3) is 0 Å². The SMILES string of the molecule is Nc1ccc(F)cc1N1CC(S(=O)(=O)F)CC1=O. The van der Waals surface area contributed by atoms with E-state index in [-0.39, 0.29) is 17.9 Å². The largest absolute Gasteiger partial charge is 0.397 e. The van der Waals surface area contributed by atoms with Gasteiger partial charge in [0.05, 0.1) is 11.4 Å². The first-order valence-corrected chi connectivity index (χ1v) is 6.52. The van der Waals surface area contributed by atoms with Gasteiger partial charge in [-0.2, -0.15) is 8.42 Å². The van der Waals surface area contributed by atoms with Crippen LogP contribution in [-0.2, 0) is 15.0 Å². The van der Waals surface area contributed by atoms with Gasteiger partial charge in [-0.05, 0) is 18.2 Å². The third-order valence-corrected chi connectivity index (χ3v) is 3.88. The number of nitrogens with zero attached hydrogens (tertiary/aromatic N) is 1. The second kappa shape index (κ2) is 4.20. The Bertz CT molecular complexity index is 603. The lowest BCUT2D eigenvalue weighted by Crippen LogP contribution is -2.27. The van der Waals surface area contributed by atoms with Crippen molar-refractivity contribution in [3.05, 3.63) is 24.0 Å². The molecule has 1 aliphatic rings. The molecular formula is C10H10F2N2O3S. The topological polar surface area (TPSA) is 80.5 Å². The van der Waals surface area contributed by atoms with E-state index >= 15 is 0 Å². The highest BCUT2D eigenvalue weighted by molar-refractivity contribution is 7.87. The normalized spacial score (nSPS) is 20.4. The number of carbonyl (C=O) groups excluding carboxylic acids is 1. The Hall–Kier alpha value is -1.70. The molecule has 18 heavy (non-hydrogen) atoms. The fourth-order valence-electron chi connectivity index (χ4n) is 1.85. The van der Waals surface area contributed by atoms with Crippen molar-refractivity contribution in [1.82, 2.24) is 0 Å². The van der Waals surface area contributed by atoms with Crippen LogP contribution < -0.4 is 10.6 Å². The highest BCUT2D eigenvalue weighted by atomic mass is 32.3. The molecule has 0 bridgehead atoms. The first-order valence-electron chi connectivity index (χ1n) is 5.08. The van der Waals surface area contributed by atoms with Crippen LogP contribution in [-0.4, -0.2) is 26.1 Å². The van der Waals surface area contributed by atoms with Crippen molar-refractivity contribution < 1.29 is 21.5 Å². The van der Waals surface area contributed by atoms with Crippen molar-refractivity contribution in [3.63, 3.8) is 0 Å². The number of anilines is 2. The number of halogens is 2. The molecule has 8 heteroatoms. The van der Waals surface area contributed by atoms with E-state index in [1.54, 1.807) is 0 Å². The third kappa shape index (κ3) is 2.28. The molecular weight excluding hydrogens is 266 g/mol. The predicted molar refractivity (Wildman–Crippen MR) is 61.6 cm³/mol. The minimum Gasteiger partial charge on any atom is -0.397 e. The molecule has 5 nitrogen and oxygen atoms in total. The van der Waals surface area contributed by atoms with Gasteiger partial charge in [0.2, 0.25) is 5.91 Å². The van der Waals surface area contributed by atoms with Gasteiger partial charge in [-0.3, -0.25) is 4.79 Å². The number of hydrogen-bond acceptors (Lipinski definition) is 4. The highest BCUT2D eigenvalue weighted by Crippen LogP contribution is 2.30. The summed E-state index contributed by atoms with van der Waals surface area (Å²) in [5.41, 5.74) is 5.77. The maximum Gasteiger partial charge on any atom is 0.307 e. The number of rotatable bonds is 2. The molecule has 98 valence electrons. The quantitative estimate of drug-likeness (QED) is 0.640. The Morgan fingerprint density at radius 2 is 2.06 bits per heavy atom. The first-order chi connectivity index (χ1) is 8.29. The number of benzene rings is 1. The Labute approximate surface area is 102 Å². The lowest BCUT2D eigenvalue weighted by molar-refractivity contribution is -0.117. The number of amides is 1. The van der Waals surface area contributed by atoms with E-state index in [0.717, 1.165) is 17.0 Å². The molecule has 2 rings (SSSR count). The molecule has 1 heterocycles. The summed E-state index contributed by atoms with van der Waals surface area (Å²) < 4.78 is 47.4. The van der Waals surface area contributed by atoms with Crippen LogP contribution in [0.3, 0.4) is 0 Å². The van der Waals surface area contributed by atoms with Crippen LogP contribution in [0.5, 0.6) is 0 Å². The van der Waals surface area contributed by atoms with Crippen LogP contribution in [0.2, 0.25) is 0 Å².